The zero-order chi connectivity index (χ0) is 14.1. The van der Waals surface area contributed by atoms with E-state index in [1.807, 2.05) is 0 Å². The molecule has 20 heavy (non-hydrogen) atoms. The molecule has 1 aromatic heterocycles. The highest BCUT2D eigenvalue weighted by atomic mass is 32.1. The number of halogens is 1. The SMILES string of the molecule is NNC(=O)c1sc2cccc(F)c2c1COC1COC1. The Kier molecular flexibility index (Phi) is 3.66. The van der Waals surface area contributed by atoms with Gasteiger partial charge < -0.3 is 9.47 Å². The van der Waals surface area contributed by atoms with Crippen LogP contribution in [0, 0.1) is 5.82 Å². The van der Waals surface area contributed by atoms with Gasteiger partial charge in [-0.2, -0.15) is 0 Å². The molecule has 1 aromatic carbocycles. The number of amides is 1. The van der Waals surface area contributed by atoms with Gasteiger partial charge in [0.15, 0.2) is 0 Å². The first-order valence-corrected chi connectivity index (χ1v) is 6.92. The van der Waals surface area contributed by atoms with Crippen molar-refractivity contribution >= 4 is 27.3 Å². The standard InChI is InChI=1S/C13H13FN2O3S/c14-9-2-1-3-10-11(9)8(6-19-7-4-18-5-7)12(20-10)13(17)16-15/h1-3,7H,4-6,15H2,(H,16,17). The van der Waals surface area contributed by atoms with E-state index in [1.165, 1.54) is 17.4 Å². The Morgan fingerprint density at radius 3 is 3.00 bits per heavy atom. The van der Waals surface area contributed by atoms with E-state index in [4.69, 9.17) is 15.3 Å². The van der Waals surface area contributed by atoms with E-state index in [0.29, 0.717) is 33.7 Å². The van der Waals surface area contributed by atoms with Crippen LogP contribution in [0.25, 0.3) is 10.1 Å². The molecule has 0 saturated carbocycles. The number of thiophene rings is 1. The summed E-state index contributed by atoms with van der Waals surface area (Å²) in [6.07, 6.45) is 0.00510. The molecule has 0 aliphatic carbocycles. The average Bonchev–Trinajstić information content (AvgIpc) is 2.76. The van der Waals surface area contributed by atoms with Crippen molar-refractivity contribution in [1.29, 1.82) is 0 Å². The van der Waals surface area contributed by atoms with Crippen molar-refractivity contribution < 1.29 is 18.7 Å². The van der Waals surface area contributed by atoms with Crippen LogP contribution in [0.1, 0.15) is 15.2 Å². The molecule has 1 aliphatic rings. The lowest BCUT2D eigenvalue weighted by Gasteiger charge is -2.26. The second kappa shape index (κ2) is 5.45. The topological polar surface area (TPSA) is 73.6 Å². The summed E-state index contributed by atoms with van der Waals surface area (Å²) in [5.41, 5.74) is 2.63. The van der Waals surface area contributed by atoms with Crippen LogP contribution in [0.15, 0.2) is 18.2 Å². The molecule has 0 bridgehead atoms. The Bertz CT molecular complexity index is 654. The summed E-state index contributed by atoms with van der Waals surface area (Å²) in [5.74, 6) is 4.38. The largest absolute Gasteiger partial charge is 0.376 e. The summed E-state index contributed by atoms with van der Waals surface area (Å²) in [6, 6.07) is 4.75. The Balaban J connectivity index is 2.01. The van der Waals surface area contributed by atoms with Crippen molar-refractivity contribution in [2.24, 2.45) is 5.84 Å². The number of ether oxygens (including phenoxy) is 2. The van der Waals surface area contributed by atoms with Gasteiger partial charge in [0.25, 0.3) is 5.91 Å². The van der Waals surface area contributed by atoms with Gasteiger partial charge in [-0.05, 0) is 12.1 Å². The van der Waals surface area contributed by atoms with Crippen molar-refractivity contribution in [3.8, 4) is 0 Å². The minimum absolute atomic E-state index is 0.00510. The second-order valence-corrected chi connectivity index (χ2v) is 5.52. The van der Waals surface area contributed by atoms with Crippen LogP contribution in [-0.4, -0.2) is 25.2 Å². The maximum Gasteiger partial charge on any atom is 0.275 e. The summed E-state index contributed by atoms with van der Waals surface area (Å²) in [5, 5.41) is 0.427. The van der Waals surface area contributed by atoms with Gasteiger partial charge in [0.2, 0.25) is 0 Å². The number of nitrogens with one attached hydrogen (secondary N) is 1. The lowest BCUT2D eigenvalue weighted by atomic mass is 10.1. The van der Waals surface area contributed by atoms with Crippen molar-refractivity contribution in [1.82, 2.24) is 5.43 Å². The van der Waals surface area contributed by atoms with E-state index in [2.05, 4.69) is 5.43 Å². The Labute approximate surface area is 118 Å². The predicted molar refractivity (Wildman–Crippen MR) is 72.8 cm³/mol. The number of nitrogen functional groups attached to an aromatic ring is 1. The molecule has 0 spiro atoms. The van der Waals surface area contributed by atoms with Crippen LogP contribution in [0.5, 0.6) is 0 Å². The van der Waals surface area contributed by atoms with Crippen molar-refractivity contribution in [3.05, 3.63) is 34.5 Å². The minimum Gasteiger partial charge on any atom is -0.376 e. The average molecular weight is 296 g/mol. The molecule has 2 heterocycles. The Morgan fingerprint density at radius 2 is 2.35 bits per heavy atom. The van der Waals surface area contributed by atoms with Crippen LogP contribution in [0.2, 0.25) is 0 Å². The predicted octanol–water partition coefficient (Wildman–Crippen LogP) is 1.56. The highest BCUT2D eigenvalue weighted by Gasteiger charge is 2.24. The van der Waals surface area contributed by atoms with Gasteiger partial charge in [-0.1, -0.05) is 6.07 Å². The molecule has 3 N–H and O–H groups in total. The minimum atomic E-state index is -0.436. The molecular formula is C13H13FN2O3S. The van der Waals surface area contributed by atoms with E-state index < -0.39 is 5.91 Å². The molecule has 1 aliphatic heterocycles. The van der Waals surface area contributed by atoms with Crippen LogP contribution < -0.4 is 11.3 Å². The van der Waals surface area contributed by atoms with Gasteiger partial charge in [-0.3, -0.25) is 10.2 Å². The smallest absolute Gasteiger partial charge is 0.275 e. The maximum absolute atomic E-state index is 14.0. The molecule has 0 atom stereocenters. The summed E-state index contributed by atoms with van der Waals surface area (Å²) in [4.78, 5) is 12.2. The van der Waals surface area contributed by atoms with E-state index in [-0.39, 0.29) is 18.5 Å². The highest BCUT2D eigenvalue weighted by Crippen LogP contribution is 2.34. The molecule has 3 rings (SSSR count). The molecule has 106 valence electrons. The third-order valence-electron chi connectivity index (χ3n) is 3.17. The fraction of sp³-hybridized carbons (Fsp3) is 0.308. The van der Waals surface area contributed by atoms with E-state index in [0.717, 1.165) is 0 Å². The summed E-state index contributed by atoms with van der Waals surface area (Å²) < 4.78 is 25.3. The molecule has 2 aromatic rings. The number of fused-ring (bicyclic) bond motifs is 1. The fourth-order valence-corrected chi connectivity index (χ4v) is 3.19. The Morgan fingerprint density at radius 1 is 1.55 bits per heavy atom. The lowest BCUT2D eigenvalue weighted by Crippen LogP contribution is -2.36. The number of rotatable bonds is 4. The lowest BCUT2D eigenvalue weighted by molar-refractivity contribution is -0.135. The van der Waals surface area contributed by atoms with E-state index >= 15 is 0 Å². The molecule has 1 fully saturated rings. The molecule has 5 nitrogen and oxygen atoms in total. The Hall–Kier alpha value is -1.54. The van der Waals surface area contributed by atoms with Crippen LogP contribution >= 0.6 is 11.3 Å². The summed E-state index contributed by atoms with van der Waals surface area (Å²) >= 11 is 1.20. The van der Waals surface area contributed by atoms with Crippen molar-refractivity contribution in [2.45, 2.75) is 12.7 Å². The highest BCUT2D eigenvalue weighted by molar-refractivity contribution is 7.21. The molecule has 7 heteroatoms. The number of benzene rings is 1. The van der Waals surface area contributed by atoms with Crippen molar-refractivity contribution in [2.75, 3.05) is 13.2 Å². The number of hydrogen-bond donors (Lipinski definition) is 2. The normalized spacial score (nSPS) is 15.3. The van der Waals surface area contributed by atoms with Gasteiger partial charge in [0.1, 0.15) is 16.8 Å². The molecule has 0 unspecified atom stereocenters. The van der Waals surface area contributed by atoms with Crippen molar-refractivity contribution in [3.63, 3.8) is 0 Å². The maximum atomic E-state index is 14.0. The molecule has 1 amide bonds. The first-order valence-electron chi connectivity index (χ1n) is 6.11. The third kappa shape index (κ3) is 2.29. The second-order valence-electron chi connectivity index (χ2n) is 4.47. The molecular weight excluding hydrogens is 283 g/mol. The number of hydrazine groups is 1. The first-order chi connectivity index (χ1) is 9.70. The molecule has 0 radical (unpaired) electrons. The summed E-state index contributed by atoms with van der Waals surface area (Å²) in [7, 11) is 0. The zero-order valence-corrected chi connectivity index (χ0v) is 11.3. The number of nitrogens with two attached hydrogens (primary N) is 1. The number of carbonyl (C=O) groups is 1. The zero-order valence-electron chi connectivity index (χ0n) is 10.5. The van der Waals surface area contributed by atoms with Gasteiger partial charge in [-0.15, -0.1) is 11.3 Å². The van der Waals surface area contributed by atoms with Crippen LogP contribution in [-0.2, 0) is 16.1 Å². The number of carbonyl (C=O) groups excluding carboxylic acids is 1. The third-order valence-corrected chi connectivity index (χ3v) is 4.37. The first kappa shape index (κ1) is 13.4. The van der Waals surface area contributed by atoms with E-state index in [9.17, 15) is 9.18 Å². The van der Waals surface area contributed by atoms with Gasteiger partial charge >= 0.3 is 0 Å². The van der Waals surface area contributed by atoms with Gasteiger partial charge in [0.05, 0.1) is 19.8 Å². The van der Waals surface area contributed by atoms with E-state index in [1.54, 1.807) is 12.1 Å². The molecule has 1 saturated heterocycles. The van der Waals surface area contributed by atoms with Gasteiger partial charge in [-0.25, -0.2) is 10.2 Å². The monoisotopic (exact) mass is 296 g/mol. The summed E-state index contributed by atoms with van der Waals surface area (Å²) in [6.45, 7) is 1.23. The fourth-order valence-electron chi connectivity index (χ4n) is 2.07. The quantitative estimate of drug-likeness (QED) is 0.510. The van der Waals surface area contributed by atoms with Gasteiger partial charge in [0, 0.05) is 15.6 Å². The number of hydrogen-bond acceptors (Lipinski definition) is 5. The van der Waals surface area contributed by atoms with Crippen LogP contribution in [0.4, 0.5) is 4.39 Å². The van der Waals surface area contributed by atoms with Crippen LogP contribution in [0.3, 0.4) is 0 Å².